The van der Waals surface area contributed by atoms with Gasteiger partial charge in [-0.15, -0.1) is 11.8 Å². The number of halogens is 4. The molecule has 2 fully saturated rings. The van der Waals surface area contributed by atoms with E-state index in [4.69, 9.17) is 32.7 Å². The molecule has 0 amide bonds. The zero-order valence-electron chi connectivity index (χ0n) is 24.6. The zero-order chi connectivity index (χ0) is 33.9. The van der Waals surface area contributed by atoms with Gasteiger partial charge < -0.3 is 14.2 Å². The van der Waals surface area contributed by atoms with Crippen LogP contribution < -0.4 is 14.2 Å². The second-order valence-electron chi connectivity index (χ2n) is 10.8. The molecule has 3 aromatic rings. The minimum Gasteiger partial charge on any atom is -0.489 e. The topological polar surface area (TPSA) is 141 Å². The lowest BCUT2D eigenvalue weighted by atomic mass is 10.0. The van der Waals surface area contributed by atoms with E-state index in [0.29, 0.717) is 17.0 Å². The maximum atomic E-state index is 13.7. The molecule has 0 spiro atoms. The van der Waals surface area contributed by atoms with Gasteiger partial charge in [-0.25, -0.2) is 21.6 Å². The molecule has 1 aromatic heterocycles. The maximum absolute atomic E-state index is 13.7. The van der Waals surface area contributed by atoms with E-state index in [-0.39, 0.29) is 57.5 Å². The Morgan fingerprint density at radius 2 is 1.74 bits per heavy atom. The highest BCUT2D eigenvalue weighted by Crippen LogP contribution is 2.39. The summed E-state index contributed by atoms with van der Waals surface area (Å²) < 4.78 is 96.3. The zero-order valence-corrected chi connectivity index (χ0v) is 28.6. The Bertz CT molecular complexity index is 1810. The van der Waals surface area contributed by atoms with Crippen LogP contribution in [0.4, 0.5) is 14.5 Å². The van der Waals surface area contributed by atoms with Crippen LogP contribution in [0.3, 0.4) is 0 Å². The summed E-state index contributed by atoms with van der Waals surface area (Å²) in [6, 6.07) is 9.21. The normalized spacial score (nSPS) is 17.8. The number of ether oxygens (including phenoxy) is 3. The van der Waals surface area contributed by atoms with Crippen molar-refractivity contribution in [3.8, 4) is 11.5 Å². The van der Waals surface area contributed by atoms with Gasteiger partial charge in [-0.1, -0.05) is 29.3 Å². The molecule has 1 N–H and O–H groups in total. The van der Waals surface area contributed by atoms with Gasteiger partial charge in [0, 0.05) is 36.8 Å². The third-order valence-corrected chi connectivity index (χ3v) is 11.6. The van der Waals surface area contributed by atoms with Crippen molar-refractivity contribution in [3.05, 3.63) is 76.0 Å². The number of hydrogen-bond acceptors (Lipinski definition) is 10. The fourth-order valence-electron chi connectivity index (χ4n) is 4.70. The van der Waals surface area contributed by atoms with E-state index in [1.54, 1.807) is 0 Å². The Morgan fingerprint density at radius 1 is 1.06 bits per heavy atom. The first-order chi connectivity index (χ1) is 22.2. The summed E-state index contributed by atoms with van der Waals surface area (Å²) in [7, 11) is -7.80. The van der Waals surface area contributed by atoms with Crippen molar-refractivity contribution in [1.29, 1.82) is 0 Å². The average Bonchev–Trinajstić information content (AvgIpc) is 3.69. The Labute approximate surface area is 285 Å². The third kappa shape index (κ3) is 9.18. The Hall–Kier alpha value is -2.89. The number of thioether (sulfide) groups is 1. The third-order valence-electron chi connectivity index (χ3n) is 7.14. The number of aromatic nitrogens is 1. The number of anilines is 1. The predicted octanol–water partition coefficient (Wildman–Crippen LogP) is 5.74. The largest absolute Gasteiger partial charge is 0.489 e. The number of carbonyl (C=O) groups is 1. The molecule has 5 rings (SSSR count). The molecule has 1 unspecified atom stereocenters. The smallest absolute Gasteiger partial charge is 0.387 e. The molecule has 18 heteroatoms. The first-order valence-electron chi connectivity index (χ1n) is 14.1. The first kappa shape index (κ1) is 35.4. The number of hydrogen-bond donors (Lipinski definition) is 1. The molecule has 11 nitrogen and oxygen atoms in total. The van der Waals surface area contributed by atoms with Crippen molar-refractivity contribution in [2.45, 2.75) is 42.2 Å². The summed E-state index contributed by atoms with van der Waals surface area (Å²) in [6.45, 7) is -2.82. The minimum absolute atomic E-state index is 0.00159. The van der Waals surface area contributed by atoms with Gasteiger partial charge >= 0.3 is 12.6 Å². The number of benzene rings is 2. The van der Waals surface area contributed by atoms with Crippen molar-refractivity contribution >= 4 is 66.7 Å². The highest BCUT2D eigenvalue weighted by Gasteiger charge is 2.42. The van der Waals surface area contributed by atoms with Gasteiger partial charge in [0.1, 0.15) is 6.10 Å². The van der Waals surface area contributed by atoms with Gasteiger partial charge in [0.25, 0.3) is 0 Å². The molecule has 1 saturated carbocycles. The van der Waals surface area contributed by atoms with Crippen molar-refractivity contribution in [2.24, 2.45) is 5.92 Å². The summed E-state index contributed by atoms with van der Waals surface area (Å²) in [6.07, 6.45) is 4.41. The molecular formula is C29H29Cl2F2N3O8S3. The number of nitrogens with one attached hydrogen (secondary N) is 1. The van der Waals surface area contributed by atoms with E-state index in [1.165, 1.54) is 54.9 Å². The highest BCUT2D eigenvalue weighted by atomic mass is 35.5. The molecule has 254 valence electrons. The summed E-state index contributed by atoms with van der Waals surface area (Å²) in [4.78, 5) is 17.5. The number of sulfonamides is 2. The maximum Gasteiger partial charge on any atom is 0.387 e. The monoisotopic (exact) mass is 751 g/mol. The van der Waals surface area contributed by atoms with E-state index in [0.717, 1.165) is 35.2 Å². The van der Waals surface area contributed by atoms with E-state index < -0.39 is 44.1 Å². The predicted molar refractivity (Wildman–Crippen MR) is 173 cm³/mol. The van der Waals surface area contributed by atoms with E-state index >= 15 is 0 Å². The summed E-state index contributed by atoms with van der Waals surface area (Å²) in [5.74, 6) is -0.475. The number of pyridine rings is 1. The Kier molecular flexibility index (Phi) is 11.1. The molecule has 2 atom stereocenters. The quantitative estimate of drug-likeness (QED) is 0.203. The van der Waals surface area contributed by atoms with Crippen LogP contribution in [0.2, 0.25) is 10.0 Å². The molecule has 0 radical (unpaired) electrons. The van der Waals surface area contributed by atoms with Gasteiger partial charge in [0.05, 0.1) is 27.8 Å². The molecule has 1 aliphatic carbocycles. The van der Waals surface area contributed by atoms with Gasteiger partial charge in [0.2, 0.25) is 20.0 Å². The lowest BCUT2D eigenvalue weighted by molar-refractivity contribution is -0.150. The minimum atomic E-state index is -4.22. The Balaban J connectivity index is 1.43. The molecule has 1 aliphatic heterocycles. The molecule has 47 heavy (non-hydrogen) atoms. The molecule has 2 heterocycles. The van der Waals surface area contributed by atoms with Crippen LogP contribution in [-0.2, 0) is 36.0 Å². The second-order valence-corrected chi connectivity index (χ2v) is 16.4. The number of carbonyl (C=O) groups excluding carboxylic acids is 1. The standard InChI is InChI=1S/C29H29Cl2F2N3O8S3/c1-46(38,39)35-19-5-7-20(8-6-19)47(40,41)36-10-11-45-27(36)28(37)43-25(13-21-22(30)14-34-15-23(21)31)18-4-9-24(44-29(32)33)26(12-18)42-16-17-2-3-17/h4-9,12,14-15,17,25,27,29,35H,2-3,10-11,13,16H2,1H3/t25-,27?/m0/s1. The summed E-state index contributed by atoms with van der Waals surface area (Å²) >= 11 is 13.8. The highest BCUT2D eigenvalue weighted by molar-refractivity contribution is 8.02. The van der Waals surface area contributed by atoms with E-state index in [2.05, 4.69) is 14.4 Å². The molecular weight excluding hydrogens is 723 g/mol. The Morgan fingerprint density at radius 3 is 2.36 bits per heavy atom. The van der Waals surface area contributed by atoms with E-state index in [1.807, 2.05) is 0 Å². The average molecular weight is 753 g/mol. The fraction of sp³-hybridized carbons (Fsp3) is 0.379. The van der Waals surface area contributed by atoms with Gasteiger partial charge in [-0.2, -0.15) is 13.1 Å². The molecule has 2 aromatic carbocycles. The molecule has 1 saturated heterocycles. The second kappa shape index (κ2) is 14.7. The van der Waals surface area contributed by atoms with Crippen molar-refractivity contribution < 1.29 is 44.6 Å². The molecule has 0 bridgehead atoms. The van der Waals surface area contributed by atoms with Crippen LogP contribution in [0.1, 0.15) is 30.1 Å². The van der Waals surface area contributed by atoms with E-state index in [9.17, 15) is 30.4 Å². The number of esters is 1. The van der Waals surface area contributed by atoms with Crippen LogP contribution in [0.25, 0.3) is 0 Å². The van der Waals surface area contributed by atoms with Crippen LogP contribution >= 0.6 is 35.0 Å². The SMILES string of the molecule is CS(=O)(=O)Nc1ccc(S(=O)(=O)N2CCSC2C(=O)O[C@@H](Cc2c(Cl)cncc2Cl)c2ccc(OC(F)F)c(OCC3CC3)c2)cc1. The lowest BCUT2D eigenvalue weighted by Gasteiger charge is -2.26. The fourth-order valence-corrected chi connectivity index (χ4v) is 8.83. The van der Waals surface area contributed by atoms with Crippen molar-refractivity contribution in [2.75, 3.05) is 29.9 Å². The van der Waals surface area contributed by atoms with Gasteiger partial charge in [-0.05, 0) is 66.3 Å². The number of rotatable bonds is 14. The summed E-state index contributed by atoms with van der Waals surface area (Å²) in [5.41, 5.74) is 0.891. The lowest BCUT2D eigenvalue weighted by Crippen LogP contribution is -2.40. The number of alkyl halides is 2. The first-order valence-corrected chi connectivity index (χ1v) is 19.3. The molecule has 2 aliphatic rings. The van der Waals surface area contributed by atoms with Crippen molar-refractivity contribution in [1.82, 2.24) is 9.29 Å². The summed E-state index contributed by atoms with van der Waals surface area (Å²) in [5, 5.41) is -0.893. The van der Waals surface area contributed by atoms with Crippen LogP contribution in [-0.4, -0.2) is 69.2 Å². The van der Waals surface area contributed by atoms with Crippen LogP contribution in [0.5, 0.6) is 11.5 Å². The van der Waals surface area contributed by atoms with Crippen LogP contribution in [0, 0.1) is 5.92 Å². The van der Waals surface area contributed by atoms with Gasteiger partial charge in [-0.3, -0.25) is 9.71 Å². The van der Waals surface area contributed by atoms with Crippen molar-refractivity contribution in [3.63, 3.8) is 0 Å². The number of nitrogens with zero attached hydrogens (tertiary/aromatic N) is 2. The van der Waals surface area contributed by atoms with Gasteiger partial charge in [0.15, 0.2) is 16.9 Å². The van der Waals surface area contributed by atoms with Crippen LogP contribution in [0.15, 0.2) is 59.8 Å².